The number of H-pyrrole nitrogens is 1. The van der Waals surface area contributed by atoms with Crippen molar-refractivity contribution in [2.75, 3.05) is 5.32 Å². The maximum atomic E-state index is 12.3. The molecule has 0 atom stereocenters. The normalized spacial score (nSPS) is 11.0. The minimum Gasteiger partial charge on any atom is -0.466 e. The van der Waals surface area contributed by atoms with Crippen LogP contribution in [0.3, 0.4) is 0 Å². The first-order valence-electron chi connectivity index (χ1n) is 6.46. The van der Waals surface area contributed by atoms with E-state index in [1.165, 1.54) is 0 Å². The van der Waals surface area contributed by atoms with Crippen LogP contribution in [-0.4, -0.2) is 10.9 Å². The van der Waals surface area contributed by atoms with E-state index in [-0.39, 0.29) is 5.91 Å². The number of hydrogen-bond donors (Lipinski definition) is 2. The number of benzene rings is 1. The molecule has 1 aromatic carbocycles. The van der Waals surface area contributed by atoms with E-state index in [0.29, 0.717) is 28.1 Å². The highest BCUT2D eigenvalue weighted by Crippen LogP contribution is 2.23. The van der Waals surface area contributed by atoms with Crippen LogP contribution >= 0.6 is 0 Å². The zero-order chi connectivity index (χ0) is 15.1. The SMILES string of the molecule is Cc1oc(C)c(C(=O)Nc2ccc3oc(=O)[nH]c3c2)c1C. The van der Waals surface area contributed by atoms with Crippen LogP contribution in [0, 0.1) is 20.8 Å². The van der Waals surface area contributed by atoms with Crippen LogP contribution in [0.15, 0.2) is 31.8 Å². The van der Waals surface area contributed by atoms with E-state index in [1.54, 1.807) is 25.1 Å². The summed E-state index contributed by atoms with van der Waals surface area (Å²) < 4.78 is 10.4. The fourth-order valence-corrected chi connectivity index (χ4v) is 2.35. The van der Waals surface area contributed by atoms with Gasteiger partial charge in [-0.2, -0.15) is 0 Å². The predicted octanol–water partition coefficient (Wildman–Crippen LogP) is 2.89. The summed E-state index contributed by atoms with van der Waals surface area (Å²) in [4.78, 5) is 26.0. The molecule has 0 aliphatic carbocycles. The van der Waals surface area contributed by atoms with E-state index >= 15 is 0 Å². The van der Waals surface area contributed by atoms with E-state index in [1.807, 2.05) is 13.8 Å². The van der Waals surface area contributed by atoms with Crippen molar-refractivity contribution in [3.8, 4) is 0 Å². The number of fused-ring (bicyclic) bond motifs is 1. The first kappa shape index (κ1) is 13.2. The van der Waals surface area contributed by atoms with Gasteiger partial charge in [0.2, 0.25) is 0 Å². The molecule has 0 unspecified atom stereocenters. The number of oxazole rings is 1. The molecule has 0 saturated carbocycles. The third kappa shape index (κ3) is 2.24. The van der Waals surface area contributed by atoms with Crippen molar-refractivity contribution >= 4 is 22.7 Å². The lowest BCUT2D eigenvalue weighted by Gasteiger charge is -2.05. The van der Waals surface area contributed by atoms with Crippen molar-refractivity contribution in [1.82, 2.24) is 4.98 Å². The van der Waals surface area contributed by atoms with Gasteiger partial charge >= 0.3 is 5.76 Å². The number of aryl methyl sites for hydroxylation is 2. The van der Waals surface area contributed by atoms with Gasteiger partial charge in [0, 0.05) is 11.3 Å². The smallest absolute Gasteiger partial charge is 0.417 e. The Hall–Kier alpha value is -2.76. The number of carbonyl (C=O) groups excluding carboxylic acids is 1. The van der Waals surface area contributed by atoms with Gasteiger partial charge in [-0.05, 0) is 39.0 Å². The second kappa shape index (κ2) is 4.66. The zero-order valence-corrected chi connectivity index (χ0v) is 11.9. The molecule has 6 heteroatoms. The summed E-state index contributed by atoms with van der Waals surface area (Å²) in [5, 5.41) is 2.79. The predicted molar refractivity (Wildman–Crippen MR) is 77.7 cm³/mol. The Morgan fingerprint density at radius 2 is 1.90 bits per heavy atom. The highest BCUT2D eigenvalue weighted by Gasteiger charge is 2.18. The lowest BCUT2D eigenvalue weighted by molar-refractivity contribution is 0.102. The van der Waals surface area contributed by atoms with Gasteiger partial charge in [-0.15, -0.1) is 0 Å². The van der Waals surface area contributed by atoms with Crippen LogP contribution in [-0.2, 0) is 0 Å². The first-order chi connectivity index (χ1) is 9.95. The van der Waals surface area contributed by atoms with Crippen molar-refractivity contribution in [2.45, 2.75) is 20.8 Å². The second-order valence-corrected chi connectivity index (χ2v) is 4.89. The summed E-state index contributed by atoms with van der Waals surface area (Å²) in [7, 11) is 0. The zero-order valence-electron chi connectivity index (χ0n) is 11.9. The van der Waals surface area contributed by atoms with Gasteiger partial charge in [-0.3, -0.25) is 9.78 Å². The average molecular weight is 286 g/mol. The molecule has 0 bridgehead atoms. The van der Waals surface area contributed by atoms with E-state index in [4.69, 9.17) is 8.83 Å². The number of nitrogens with one attached hydrogen (secondary N) is 2. The minimum absolute atomic E-state index is 0.243. The molecule has 2 N–H and O–H groups in total. The van der Waals surface area contributed by atoms with E-state index in [0.717, 1.165) is 11.3 Å². The summed E-state index contributed by atoms with van der Waals surface area (Å²) in [6, 6.07) is 4.95. The van der Waals surface area contributed by atoms with E-state index in [9.17, 15) is 9.59 Å². The molecule has 2 heterocycles. The summed E-state index contributed by atoms with van der Waals surface area (Å²) in [6.07, 6.45) is 0. The van der Waals surface area contributed by atoms with Gasteiger partial charge in [0.1, 0.15) is 11.5 Å². The monoisotopic (exact) mass is 286 g/mol. The summed E-state index contributed by atoms with van der Waals surface area (Å²) in [5.74, 6) is 0.547. The summed E-state index contributed by atoms with van der Waals surface area (Å²) in [5.41, 5.74) is 2.91. The largest absolute Gasteiger partial charge is 0.466 e. The van der Waals surface area contributed by atoms with Crippen molar-refractivity contribution in [1.29, 1.82) is 0 Å². The number of amides is 1. The van der Waals surface area contributed by atoms with Gasteiger partial charge in [0.25, 0.3) is 5.91 Å². The Bertz CT molecular complexity index is 898. The van der Waals surface area contributed by atoms with Gasteiger partial charge < -0.3 is 14.2 Å². The van der Waals surface area contributed by atoms with Crippen LogP contribution in [0.1, 0.15) is 27.4 Å². The molecule has 0 radical (unpaired) electrons. The first-order valence-corrected chi connectivity index (χ1v) is 6.46. The van der Waals surface area contributed by atoms with Crippen LogP contribution < -0.4 is 11.1 Å². The molecule has 1 amide bonds. The summed E-state index contributed by atoms with van der Waals surface area (Å²) >= 11 is 0. The number of hydrogen-bond acceptors (Lipinski definition) is 4. The highest BCUT2D eigenvalue weighted by molar-refractivity contribution is 6.06. The Balaban J connectivity index is 1.94. The maximum absolute atomic E-state index is 12.3. The fourth-order valence-electron chi connectivity index (χ4n) is 2.35. The molecule has 0 spiro atoms. The molecule has 3 aromatic rings. The molecule has 6 nitrogen and oxygen atoms in total. The maximum Gasteiger partial charge on any atom is 0.417 e. The molecule has 0 aliphatic rings. The second-order valence-electron chi connectivity index (χ2n) is 4.89. The molecule has 108 valence electrons. The topological polar surface area (TPSA) is 88.2 Å². The number of furan rings is 1. The molecule has 2 aromatic heterocycles. The number of carbonyl (C=O) groups is 1. The van der Waals surface area contributed by atoms with Crippen LogP contribution in [0.25, 0.3) is 11.1 Å². The lowest BCUT2D eigenvalue weighted by Crippen LogP contribution is -2.13. The van der Waals surface area contributed by atoms with Gasteiger partial charge in [-0.25, -0.2) is 4.79 Å². The molecule has 0 aliphatic heterocycles. The molecular formula is C15H14N2O4. The Morgan fingerprint density at radius 3 is 2.57 bits per heavy atom. The highest BCUT2D eigenvalue weighted by atomic mass is 16.4. The van der Waals surface area contributed by atoms with Crippen LogP contribution in [0.5, 0.6) is 0 Å². The van der Waals surface area contributed by atoms with Gasteiger partial charge in [-0.1, -0.05) is 0 Å². The molecule has 0 fully saturated rings. The van der Waals surface area contributed by atoms with E-state index in [2.05, 4.69) is 10.3 Å². The average Bonchev–Trinajstić information content (AvgIpc) is 2.88. The van der Waals surface area contributed by atoms with Crippen molar-refractivity contribution in [2.24, 2.45) is 0 Å². The fraction of sp³-hybridized carbons (Fsp3) is 0.200. The number of aromatic nitrogens is 1. The summed E-state index contributed by atoms with van der Waals surface area (Å²) in [6.45, 7) is 5.42. The van der Waals surface area contributed by atoms with Crippen molar-refractivity contribution < 1.29 is 13.6 Å². The minimum atomic E-state index is -0.523. The Labute approximate surface area is 119 Å². The van der Waals surface area contributed by atoms with Crippen molar-refractivity contribution in [3.05, 3.63) is 51.4 Å². The standard InChI is InChI=1S/C15H14N2O4/c1-7-8(2)20-9(3)13(7)14(18)16-10-4-5-12-11(6-10)17-15(19)21-12/h4-6H,1-3H3,(H,16,18)(H,17,19). The van der Waals surface area contributed by atoms with Gasteiger partial charge in [0.15, 0.2) is 5.58 Å². The van der Waals surface area contributed by atoms with Gasteiger partial charge in [0.05, 0.1) is 11.1 Å². The van der Waals surface area contributed by atoms with Crippen molar-refractivity contribution in [3.63, 3.8) is 0 Å². The number of anilines is 1. The van der Waals surface area contributed by atoms with Crippen LogP contribution in [0.2, 0.25) is 0 Å². The third-order valence-electron chi connectivity index (χ3n) is 3.47. The molecular weight excluding hydrogens is 272 g/mol. The number of aromatic amines is 1. The quantitative estimate of drug-likeness (QED) is 0.758. The molecule has 0 saturated heterocycles. The number of rotatable bonds is 2. The Kier molecular flexibility index (Phi) is 2.94. The van der Waals surface area contributed by atoms with E-state index < -0.39 is 5.76 Å². The Morgan fingerprint density at radius 1 is 1.14 bits per heavy atom. The van der Waals surface area contributed by atoms with Crippen LogP contribution in [0.4, 0.5) is 5.69 Å². The molecule has 3 rings (SSSR count). The third-order valence-corrected chi connectivity index (χ3v) is 3.47. The molecule has 21 heavy (non-hydrogen) atoms. The lowest BCUT2D eigenvalue weighted by atomic mass is 10.1.